The zero-order valence-corrected chi connectivity index (χ0v) is 11.6. The topological polar surface area (TPSA) is 64.3 Å². The third-order valence-electron chi connectivity index (χ3n) is 3.33. The largest absolute Gasteiger partial charge is 0.383 e. The summed E-state index contributed by atoms with van der Waals surface area (Å²) >= 11 is 0. The second-order valence-electron chi connectivity index (χ2n) is 5.19. The SMILES string of the molecule is Cc1c(N)nc(C(C)C)nc1N1CCOCC1C. The second kappa shape index (κ2) is 5.10. The summed E-state index contributed by atoms with van der Waals surface area (Å²) in [4.78, 5) is 11.3. The molecule has 0 amide bonds. The normalized spacial score (nSPS) is 20.5. The van der Waals surface area contributed by atoms with E-state index in [2.05, 4.69) is 35.6 Å². The Morgan fingerprint density at radius 3 is 2.72 bits per heavy atom. The Labute approximate surface area is 108 Å². The van der Waals surface area contributed by atoms with Crippen LogP contribution in [0.4, 0.5) is 11.6 Å². The lowest BCUT2D eigenvalue weighted by molar-refractivity contribution is 0.0984. The lowest BCUT2D eigenvalue weighted by Gasteiger charge is -2.35. The summed E-state index contributed by atoms with van der Waals surface area (Å²) in [5.41, 5.74) is 6.97. The molecule has 5 heteroatoms. The van der Waals surface area contributed by atoms with Crippen molar-refractivity contribution in [2.75, 3.05) is 30.4 Å². The van der Waals surface area contributed by atoms with Crippen LogP contribution in [0.1, 0.15) is 38.1 Å². The molecule has 0 radical (unpaired) electrons. The predicted molar refractivity (Wildman–Crippen MR) is 72.9 cm³/mol. The van der Waals surface area contributed by atoms with Gasteiger partial charge in [0.25, 0.3) is 0 Å². The van der Waals surface area contributed by atoms with E-state index in [1.165, 1.54) is 0 Å². The van der Waals surface area contributed by atoms with Gasteiger partial charge in [0.2, 0.25) is 0 Å². The summed E-state index contributed by atoms with van der Waals surface area (Å²) in [5, 5.41) is 0. The molecule has 0 aliphatic carbocycles. The minimum Gasteiger partial charge on any atom is -0.383 e. The zero-order valence-electron chi connectivity index (χ0n) is 11.6. The molecular formula is C13H22N4O. The summed E-state index contributed by atoms with van der Waals surface area (Å²) in [7, 11) is 0. The van der Waals surface area contributed by atoms with Crippen LogP contribution in [0, 0.1) is 6.92 Å². The van der Waals surface area contributed by atoms with Gasteiger partial charge in [-0.3, -0.25) is 0 Å². The van der Waals surface area contributed by atoms with Crippen molar-refractivity contribution in [1.29, 1.82) is 0 Å². The lowest BCUT2D eigenvalue weighted by Crippen LogP contribution is -2.44. The van der Waals surface area contributed by atoms with Crippen LogP contribution in [-0.2, 0) is 4.74 Å². The van der Waals surface area contributed by atoms with Gasteiger partial charge in [-0.05, 0) is 13.8 Å². The first kappa shape index (κ1) is 13.1. The van der Waals surface area contributed by atoms with Crippen molar-refractivity contribution >= 4 is 11.6 Å². The van der Waals surface area contributed by atoms with Crippen molar-refractivity contribution in [3.63, 3.8) is 0 Å². The van der Waals surface area contributed by atoms with E-state index in [1.807, 2.05) is 6.92 Å². The maximum absolute atomic E-state index is 6.00. The standard InChI is InChI=1S/C13H22N4O/c1-8(2)12-15-11(14)10(4)13(16-12)17-5-6-18-7-9(17)3/h8-9H,5-7H2,1-4H3,(H2,14,15,16). The molecule has 2 heterocycles. The Kier molecular flexibility index (Phi) is 3.71. The minimum absolute atomic E-state index is 0.281. The average molecular weight is 250 g/mol. The van der Waals surface area contributed by atoms with E-state index >= 15 is 0 Å². The minimum atomic E-state index is 0.281. The Bertz CT molecular complexity index is 433. The lowest BCUT2D eigenvalue weighted by atomic mass is 10.1. The summed E-state index contributed by atoms with van der Waals surface area (Å²) in [6, 6.07) is 0.326. The highest BCUT2D eigenvalue weighted by molar-refractivity contribution is 5.57. The molecule has 2 rings (SSSR count). The Balaban J connectivity index is 2.41. The Morgan fingerprint density at radius 2 is 2.11 bits per heavy atom. The van der Waals surface area contributed by atoms with Gasteiger partial charge < -0.3 is 15.4 Å². The second-order valence-corrected chi connectivity index (χ2v) is 5.19. The van der Waals surface area contributed by atoms with E-state index in [0.29, 0.717) is 11.9 Å². The van der Waals surface area contributed by atoms with Gasteiger partial charge in [0.1, 0.15) is 17.5 Å². The highest BCUT2D eigenvalue weighted by Crippen LogP contribution is 2.26. The molecule has 1 aliphatic heterocycles. The molecule has 2 N–H and O–H groups in total. The van der Waals surface area contributed by atoms with Gasteiger partial charge in [-0.25, -0.2) is 9.97 Å². The maximum Gasteiger partial charge on any atom is 0.137 e. The molecule has 1 saturated heterocycles. The van der Waals surface area contributed by atoms with Gasteiger partial charge in [0, 0.05) is 18.0 Å². The van der Waals surface area contributed by atoms with Crippen LogP contribution in [0.5, 0.6) is 0 Å². The summed E-state index contributed by atoms with van der Waals surface area (Å²) in [5.74, 6) is 2.64. The monoisotopic (exact) mass is 250 g/mol. The van der Waals surface area contributed by atoms with E-state index in [1.54, 1.807) is 0 Å². The van der Waals surface area contributed by atoms with Crippen LogP contribution in [0.2, 0.25) is 0 Å². The van der Waals surface area contributed by atoms with Gasteiger partial charge in [-0.2, -0.15) is 0 Å². The van der Waals surface area contributed by atoms with Gasteiger partial charge in [0.15, 0.2) is 0 Å². The molecule has 1 aromatic rings. The van der Waals surface area contributed by atoms with E-state index in [-0.39, 0.29) is 5.92 Å². The quantitative estimate of drug-likeness (QED) is 0.865. The van der Waals surface area contributed by atoms with Crippen molar-refractivity contribution in [3.8, 4) is 0 Å². The van der Waals surface area contributed by atoms with Crippen LogP contribution in [-0.4, -0.2) is 35.8 Å². The molecule has 1 atom stereocenters. The molecule has 1 unspecified atom stereocenters. The number of rotatable bonds is 2. The maximum atomic E-state index is 6.00. The van der Waals surface area contributed by atoms with Crippen LogP contribution >= 0.6 is 0 Å². The van der Waals surface area contributed by atoms with Crippen molar-refractivity contribution in [2.24, 2.45) is 0 Å². The highest BCUT2D eigenvalue weighted by Gasteiger charge is 2.23. The Hall–Kier alpha value is -1.36. The molecule has 18 heavy (non-hydrogen) atoms. The smallest absolute Gasteiger partial charge is 0.137 e. The number of nitrogens with two attached hydrogens (primary N) is 1. The molecule has 0 aromatic carbocycles. The number of anilines is 2. The van der Waals surface area contributed by atoms with Crippen LogP contribution in [0.15, 0.2) is 0 Å². The van der Waals surface area contributed by atoms with E-state index in [4.69, 9.17) is 10.5 Å². The fourth-order valence-electron chi connectivity index (χ4n) is 2.12. The fraction of sp³-hybridized carbons (Fsp3) is 0.692. The van der Waals surface area contributed by atoms with Crippen LogP contribution in [0.25, 0.3) is 0 Å². The van der Waals surface area contributed by atoms with Crippen LogP contribution in [0.3, 0.4) is 0 Å². The van der Waals surface area contributed by atoms with Crippen molar-refractivity contribution in [1.82, 2.24) is 9.97 Å². The van der Waals surface area contributed by atoms with Gasteiger partial charge in [-0.1, -0.05) is 13.8 Å². The number of aromatic nitrogens is 2. The van der Waals surface area contributed by atoms with Crippen molar-refractivity contribution in [2.45, 2.75) is 39.7 Å². The molecule has 0 saturated carbocycles. The summed E-state index contributed by atoms with van der Waals surface area (Å²) < 4.78 is 5.46. The number of ether oxygens (including phenoxy) is 1. The molecule has 1 aromatic heterocycles. The van der Waals surface area contributed by atoms with E-state index in [9.17, 15) is 0 Å². The molecule has 1 aliphatic rings. The third-order valence-corrected chi connectivity index (χ3v) is 3.33. The van der Waals surface area contributed by atoms with Gasteiger partial charge in [0.05, 0.1) is 19.3 Å². The van der Waals surface area contributed by atoms with Crippen molar-refractivity contribution < 1.29 is 4.74 Å². The van der Waals surface area contributed by atoms with Gasteiger partial charge >= 0.3 is 0 Å². The number of hydrogen-bond donors (Lipinski definition) is 1. The molecule has 0 bridgehead atoms. The Morgan fingerprint density at radius 1 is 1.39 bits per heavy atom. The van der Waals surface area contributed by atoms with E-state index < -0.39 is 0 Å². The van der Waals surface area contributed by atoms with Crippen LogP contribution < -0.4 is 10.6 Å². The van der Waals surface area contributed by atoms with E-state index in [0.717, 1.165) is 37.0 Å². The van der Waals surface area contributed by atoms with Crippen molar-refractivity contribution in [3.05, 3.63) is 11.4 Å². The first-order valence-corrected chi connectivity index (χ1v) is 6.49. The third kappa shape index (κ3) is 2.41. The summed E-state index contributed by atoms with van der Waals surface area (Å²) in [6.07, 6.45) is 0. The molecule has 100 valence electrons. The average Bonchev–Trinajstić information content (AvgIpc) is 2.33. The first-order chi connectivity index (χ1) is 8.50. The molecule has 5 nitrogen and oxygen atoms in total. The molecular weight excluding hydrogens is 228 g/mol. The number of nitrogens with zero attached hydrogens (tertiary/aromatic N) is 3. The van der Waals surface area contributed by atoms with Gasteiger partial charge in [-0.15, -0.1) is 0 Å². The number of hydrogen-bond acceptors (Lipinski definition) is 5. The fourth-order valence-corrected chi connectivity index (χ4v) is 2.12. The zero-order chi connectivity index (χ0) is 13.3. The first-order valence-electron chi connectivity index (χ1n) is 6.49. The molecule has 1 fully saturated rings. The predicted octanol–water partition coefficient (Wildman–Crippen LogP) is 1.72. The highest BCUT2D eigenvalue weighted by atomic mass is 16.5. The number of nitrogen functional groups attached to an aromatic ring is 1. The number of morpholine rings is 1. The summed E-state index contributed by atoms with van der Waals surface area (Å²) in [6.45, 7) is 10.6. The molecule has 0 spiro atoms.